The largest absolute Gasteiger partial charge is 0.475 e. The van der Waals surface area contributed by atoms with E-state index in [1.165, 1.54) is 0 Å². The summed E-state index contributed by atoms with van der Waals surface area (Å²) in [5, 5.41) is 8.37. The zero-order valence-corrected chi connectivity index (χ0v) is 12.8. The fourth-order valence-electron chi connectivity index (χ4n) is 3.25. The molecule has 0 saturated carbocycles. The molecule has 1 spiro atoms. The van der Waals surface area contributed by atoms with Crippen molar-refractivity contribution < 1.29 is 9.47 Å². The molecule has 0 aliphatic carbocycles. The van der Waals surface area contributed by atoms with Crippen LogP contribution in [-0.4, -0.2) is 35.1 Å². The van der Waals surface area contributed by atoms with Gasteiger partial charge in [0.25, 0.3) is 0 Å². The molecule has 1 N–H and O–H groups in total. The minimum Gasteiger partial charge on any atom is -0.475 e. The quantitative estimate of drug-likeness (QED) is 0.877. The molecule has 0 unspecified atom stereocenters. The van der Waals surface area contributed by atoms with E-state index in [1.54, 1.807) is 0 Å². The van der Waals surface area contributed by atoms with Crippen LogP contribution in [-0.2, 0) is 11.3 Å². The van der Waals surface area contributed by atoms with E-state index in [2.05, 4.69) is 22.5 Å². The number of benzene rings is 1. The highest BCUT2D eigenvalue weighted by atomic mass is 16.5. The molecule has 1 saturated heterocycles. The standard InChI is InChI=1S/C17H21N3O2/c1-13-15-11-18-17(7-9-21-10-8-17)12-22-16(15)20(19-13)14-5-3-2-4-6-14/h2-6,18H,7-12H2,1H3. The summed E-state index contributed by atoms with van der Waals surface area (Å²) < 4.78 is 13.7. The molecule has 5 nitrogen and oxygen atoms in total. The maximum absolute atomic E-state index is 6.23. The molecule has 2 aliphatic rings. The van der Waals surface area contributed by atoms with E-state index in [0.29, 0.717) is 6.61 Å². The summed E-state index contributed by atoms with van der Waals surface area (Å²) in [7, 11) is 0. The smallest absolute Gasteiger partial charge is 0.221 e. The summed E-state index contributed by atoms with van der Waals surface area (Å²) in [6.45, 7) is 5.12. The number of aromatic nitrogens is 2. The van der Waals surface area contributed by atoms with Crippen molar-refractivity contribution in [1.29, 1.82) is 0 Å². The molecule has 2 aromatic rings. The molecule has 0 radical (unpaired) electrons. The average molecular weight is 299 g/mol. The lowest BCUT2D eigenvalue weighted by Crippen LogP contribution is -2.52. The number of nitrogens with zero attached hydrogens (tertiary/aromatic N) is 2. The van der Waals surface area contributed by atoms with Gasteiger partial charge in [0.15, 0.2) is 0 Å². The SMILES string of the molecule is Cc1nn(-c2ccccc2)c2c1CNC1(CCOCC1)CO2. The molecule has 1 aromatic carbocycles. The maximum atomic E-state index is 6.23. The number of hydrogen-bond acceptors (Lipinski definition) is 4. The predicted octanol–water partition coefficient (Wildman–Crippen LogP) is 2.21. The zero-order valence-electron chi connectivity index (χ0n) is 12.8. The van der Waals surface area contributed by atoms with E-state index in [0.717, 1.165) is 55.4 Å². The van der Waals surface area contributed by atoms with E-state index in [9.17, 15) is 0 Å². The van der Waals surface area contributed by atoms with Gasteiger partial charge in [-0.15, -0.1) is 0 Å². The van der Waals surface area contributed by atoms with Crippen LogP contribution >= 0.6 is 0 Å². The third-order valence-electron chi connectivity index (χ3n) is 4.71. The van der Waals surface area contributed by atoms with E-state index in [-0.39, 0.29) is 5.54 Å². The number of rotatable bonds is 1. The van der Waals surface area contributed by atoms with E-state index in [1.807, 2.05) is 29.8 Å². The van der Waals surface area contributed by atoms with E-state index in [4.69, 9.17) is 9.47 Å². The molecule has 5 heteroatoms. The van der Waals surface area contributed by atoms with Gasteiger partial charge in [0.05, 0.1) is 22.5 Å². The van der Waals surface area contributed by atoms with Crippen LogP contribution in [0.1, 0.15) is 24.1 Å². The number of fused-ring (bicyclic) bond motifs is 1. The first-order valence-corrected chi connectivity index (χ1v) is 7.87. The van der Waals surface area contributed by atoms with Crippen LogP contribution in [0.15, 0.2) is 30.3 Å². The highest BCUT2D eigenvalue weighted by molar-refractivity contribution is 5.41. The van der Waals surface area contributed by atoms with Crippen LogP contribution in [0.3, 0.4) is 0 Å². The molecule has 4 rings (SSSR count). The summed E-state index contributed by atoms with van der Waals surface area (Å²) in [4.78, 5) is 0. The normalized spacial score (nSPS) is 20.2. The molecule has 116 valence electrons. The van der Waals surface area contributed by atoms with Crippen molar-refractivity contribution in [2.75, 3.05) is 19.8 Å². The van der Waals surface area contributed by atoms with E-state index >= 15 is 0 Å². The van der Waals surface area contributed by atoms with Gasteiger partial charge < -0.3 is 14.8 Å². The molecule has 3 heterocycles. The molecule has 0 bridgehead atoms. The van der Waals surface area contributed by atoms with Gasteiger partial charge in [-0.05, 0) is 31.9 Å². The van der Waals surface area contributed by atoms with Gasteiger partial charge in [-0.2, -0.15) is 5.10 Å². The minimum atomic E-state index is 0.0330. The third-order valence-corrected chi connectivity index (χ3v) is 4.71. The van der Waals surface area contributed by atoms with Crippen LogP contribution in [0.5, 0.6) is 5.88 Å². The van der Waals surface area contributed by atoms with Crippen molar-refractivity contribution >= 4 is 0 Å². The second kappa shape index (κ2) is 5.41. The number of hydrogen-bond donors (Lipinski definition) is 1. The molecule has 22 heavy (non-hydrogen) atoms. The van der Waals surface area contributed by atoms with Gasteiger partial charge in [-0.25, -0.2) is 4.68 Å². The Morgan fingerprint density at radius 1 is 1.18 bits per heavy atom. The number of nitrogens with one attached hydrogen (secondary N) is 1. The Kier molecular flexibility index (Phi) is 3.39. The Morgan fingerprint density at radius 3 is 2.73 bits per heavy atom. The molecule has 0 atom stereocenters. The van der Waals surface area contributed by atoms with Crippen LogP contribution in [0.4, 0.5) is 0 Å². The minimum absolute atomic E-state index is 0.0330. The summed E-state index contributed by atoms with van der Waals surface area (Å²) in [5.74, 6) is 0.875. The Labute approximate surface area is 130 Å². The van der Waals surface area contributed by atoms with Crippen molar-refractivity contribution in [2.24, 2.45) is 0 Å². The maximum Gasteiger partial charge on any atom is 0.221 e. The molecular formula is C17H21N3O2. The van der Waals surface area contributed by atoms with Gasteiger partial charge in [0.2, 0.25) is 5.88 Å². The first kappa shape index (κ1) is 13.8. The number of aryl methyl sites for hydroxylation is 1. The Morgan fingerprint density at radius 2 is 1.95 bits per heavy atom. The van der Waals surface area contributed by atoms with Crippen LogP contribution < -0.4 is 10.1 Å². The number of para-hydroxylation sites is 1. The Hall–Kier alpha value is -1.85. The second-order valence-corrected chi connectivity index (χ2v) is 6.15. The van der Waals surface area contributed by atoms with Crippen LogP contribution in [0.2, 0.25) is 0 Å². The first-order valence-electron chi connectivity index (χ1n) is 7.87. The molecule has 2 aliphatic heterocycles. The summed E-state index contributed by atoms with van der Waals surface area (Å²) in [6, 6.07) is 10.2. The second-order valence-electron chi connectivity index (χ2n) is 6.15. The predicted molar refractivity (Wildman–Crippen MR) is 83.4 cm³/mol. The number of ether oxygens (including phenoxy) is 2. The van der Waals surface area contributed by atoms with Crippen molar-refractivity contribution in [2.45, 2.75) is 31.8 Å². The fourth-order valence-corrected chi connectivity index (χ4v) is 3.25. The van der Waals surface area contributed by atoms with Gasteiger partial charge >= 0.3 is 0 Å². The highest BCUT2D eigenvalue weighted by Crippen LogP contribution is 2.32. The van der Waals surface area contributed by atoms with Gasteiger partial charge in [0.1, 0.15) is 6.61 Å². The summed E-state index contributed by atoms with van der Waals surface area (Å²) in [6.07, 6.45) is 1.99. The van der Waals surface area contributed by atoms with Gasteiger partial charge in [-0.3, -0.25) is 0 Å². The topological polar surface area (TPSA) is 48.3 Å². The van der Waals surface area contributed by atoms with Crippen LogP contribution in [0.25, 0.3) is 5.69 Å². The molecule has 0 amide bonds. The summed E-state index contributed by atoms with van der Waals surface area (Å²) in [5.41, 5.74) is 3.25. The fraction of sp³-hybridized carbons (Fsp3) is 0.471. The first-order chi connectivity index (χ1) is 10.8. The van der Waals surface area contributed by atoms with Gasteiger partial charge in [-0.1, -0.05) is 18.2 Å². The van der Waals surface area contributed by atoms with Crippen molar-refractivity contribution in [3.05, 3.63) is 41.6 Å². The monoisotopic (exact) mass is 299 g/mol. The third kappa shape index (κ3) is 2.30. The van der Waals surface area contributed by atoms with Gasteiger partial charge in [0, 0.05) is 19.8 Å². The summed E-state index contributed by atoms with van der Waals surface area (Å²) >= 11 is 0. The average Bonchev–Trinajstić information content (AvgIpc) is 2.77. The van der Waals surface area contributed by atoms with Crippen molar-refractivity contribution in [1.82, 2.24) is 15.1 Å². The molecule has 1 aromatic heterocycles. The van der Waals surface area contributed by atoms with Crippen molar-refractivity contribution in [3.8, 4) is 11.6 Å². The van der Waals surface area contributed by atoms with Crippen LogP contribution in [0, 0.1) is 6.92 Å². The van der Waals surface area contributed by atoms with Crippen molar-refractivity contribution in [3.63, 3.8) is 0 Å². The lowest BCUT2D eigenvalue weighted by atomic mass is 9.91. The lowest BCUT2D eigenvalue weighted by Gasteiger charge is -2.36. The molecule has 1 fully saturated rings. The Bertz CT molecular complexity index is 660. The lowest BCUT2D eigenvalue weighted by molar-refractivity contribution is 0.0188. The molecular weight excluding hydrogens is 278 g/mol. The zero-order chi connectivity index (χ0) is 15.0. The Balaban J connectivity index is 1.68. The highest BCUT2D eigenvalue weighted by Gasteiger charge is 2.36. The van der Waals surface area contributed by atoms with E-state index < -0.39 is 0 Å².